The van der Waals surface area contributed by atoms with Gasteiger partial charge in [-0.2, -0.15) is 0 Å². The van der Waals surface area contributed by atoms with Crippen LogP contribution < -0.4 is 15.2 Å². The first-order chi connectivity index (χ1) is 15.8. The van der Waals surface area contributed by atoms with E-state index in [1.807, 2.05) is 12.3 Å². The molecule has 0 amide bonds. The highest BCUT2D eigenvalue weighted by Crippen LogP contribution is 2.48. The Bertz CT molecular complexity index is 1110. The third-order valence-corrected chi connectivity index (χ3v) is 7.28. The fourth-order valence-electron chi connectivity index (χ4n) is 5.31. The zero-order valence-electron chi connectivity index (χ0n) is 19.3. The molecule has 2 unspecified atom stereocenters. The van der Waals surface area contributed by atoms with Crippen molar-refractivity contribution in [1.29, 1.82) is 0 Å². The molecular formula is C25H31ClN2O5. The first kappa shape index (κ1) is 22.7. The zero-order chi connectivity index (χ0) is 23.3. The first-order valence-corrected chi connectivity index (χ1v) is 12.0. The number of aliphatic hydroxyl groups excluding tert-OH is 1. The molecule has 3 aliphatic rings. The maximum absolute atomic E-state index is 13.0. The second-order valence-electron chi connectivity index (χ2n) is 9.75. The Kier molecular flexibility index (Phi) is 5.93. The molecule has 1 aromatic heterocycles. The lowest BCUT2D eigenvalue weighted by Gasteiger charge is -2.49. The van der Waals surface area contributed by atoms with Gasteiger partial charge in [0.25, 0.3) is 0 Å². The molecule has 4 heterocycles. The molecule has 0 aliphatic carbocycles. The first-order valence-electron chi connectivity index (χ1n) is 11.7. The summed E-state index contributed by atoms with van der Waals surface area (Å²) < 4.78 is 18.4. The molecule has 3 aliphatic heterocycles. The second-order valence-corrected chi connectivity index (χ2v) is 10.2. The second kappa shape index (κ2) is 8.62. The van der Waals surface area contributed by atoms with Gasteiger partial charge in [-0.15, -0.1) is 0 Å². The number of halogens is 1. The number of benzene rings is 1. The summed E-state index contributed by atoms with van der Waals surface area (Å²) >= 11 is 6.64. The van der Waals surface area contributed by atoms with Gasteiger partial charge >= 0.3 is 0 Å². The molecule has 5 rings (SSSR count). The summed E-state index contributed by atoms with van der Waals surface area (Å²) in [6, 6.07) is 5.74. The third kappa shape index (κ3) is 4.05. The summed E-state index contributed by atoms with van der Waals surface area (Å²) in [5.74, 6) is 0.662. The number of hydrogen-bond donors (Lipinski definition) is 1. The van der Waals surface area contributed by atoms with Gasteiger partial charge in [-0.25, -0.2) is 0 Å². The molecule has 33 heavy (non-hydrogen) atoms. The number of rotatable bonds is 6. The van der Waals surface area contributed by atoms with E-state index in [1.54, 1.807) is 13.2 Å². The predicted octanol–water partition coefficient (Wildman–Crippen LogP) is 4.32. The molecule has 1 aromatic carbocycles. The Morgan fingerprint density at radius 2 is 2.00 bits per heavy atom. The van der Waals surface area contributed by atoms with Crippen LogP contribution in [0.3, 0.4) is 0 Å². The quantitative estimate of drug-likeness (QED) is 0.496. The molecule has 2 fully saturated rings. The van der Waals surface area contributed by atoms with Gasteiger partial charge in [0.05, 0.1) is 34.5 Å². The molecule has 178 valence electrons. The average Bonchev–Trinajstić information content (AvgIpc) is 3.52. The van der Waals surface area contributed by atoms with E-state index in [9.17, 15) is 9.90 Å². The van der Waals surface area contributed by atoms with E-state index in [0.29, 0.717) is 29.5 Å². The lowest BCUT2D eigenvalue weighted by atomic mass is 9.90. The van der Waals surface area contributed by atoms with Crippen LogP contribution in [0.4, 0.5) is 0 Å². The number of aromatic nitrogens is 1. The van der Waals surface area contributed by atoms with Crippen molar-refractivity contribution in [3.63, 3.8) is 0 Å². The largest absolute Gasteiger partial charge is 0.492 e. The number of pyridine rings is 1. The highest BCUT2D eigenvalue weighted by Gasteiger charge is 2.44. The molecule has 7 nitrogen and oxygen atoms in total. The van der Waals surface area contributed by atoms with Gasteiger partial charge in [-0.05, 0) is 44.4 Å². The van der Waals surface area contributed by atoms with Gasteiger partial charge in [0.15, 0.2) is 11.7 Å². The summed E-state index contributed by atoms with van der Waals surface area (Å²) in [7, 11) is 1.68. The smallest absolute Gasteiger partial charge is 0.188 e. The van der Waals surface area contributed by atoms with Crippen LogP contribution in [0, 0.1) is 0 Å². The van der Waals surface area contributed by atoms with Crippen molar-refractivity contribution < 1.29 is 19.3 Å². The lowest BCUT2D eigenvalue weighted by molar-refractivity contribution is 0.156. The van der Waals surface area contributed by atoms with E-state index < -0.39 is 12.4 Å². The zero-order valence-corrected chi connectivity index (χ0v) is 20.1. The molecule has 2 aromatic rings. The number of ether oxygens (including phenoxy) is 3. The van der Waals surface area contributed by atoms with E-state index in [-0.39, 0.29) is 17.0 Å². The van der Waals surface area contributed by atoms with Crippen molar-refractivity contribution in [2.75, 3.05) is 25.3 Å². The lowest BCUT2D eigenvalue weighted by Crippen LogP contribution is -2.54. The van der Waals surface area contributed by atoms with E-state index in [1.165, 1.54) is 0 Å². The van der Waals surface area contributed by atoms with Crippen LogP contribution in [0.2, 0.25) is 5.02 Å². The van der Waals surface area contributed by atoms with Gasteiger partial charge in [0.1, 0.15) is 11.9 Å². The SMILES string of the molecule is COCCCOc1cc2c(cc1Cl)-c1cc(=O)c(C3OC3O)cn1N1[C@H]2CCCCC1(C)C. The standard InChI is InChI=1S/C25H31ClN2O5/c1-25(2)8-5-4-7-19-16-12-22(32-10-6-9-31-3)18(26)11-15(16)20-13-21(29)17(23-24(30)33-23)14-27(20)28(19)25/h11-14,19,23-24,30H,4-10H2,1-3H3/t19-,23?,24?/m0/s1. The maximum Gasteiger partial charge on any atom is 0.188 e. The van der Waals surface area contributed by atoms with Gasteiger partial charge < -0.3 is 19.3 Å². The van der Waals surface area contributed by atoms with Crippen molar-refractivity contribution >= 4 is 11.6 Å². The fourth-order valence-corrected chi connectivity index (χ4v) is 5.53. The number of aliphatic hydroxyl groups is 1. The van der Waals surface area contributed by atoms with Gasteiger partial charge in [-0.3, -0.25) is 14.5 Å². The Balaban J connectivity index is 1.65. The molecule has 8 heteroatoms. The van der Waals surface area contributed by atoms with Crippen LogP contribution in [0.25, 0.3) is 11.3 Å². The number of epoxide rings is 1. The summed E-state index contributed by atoms with van der Waals surface area (Å²) in [6.45, 7) is 5.65. The minimum atomic E-state index is -0.910. The minimum absolute atomic E-state index is 0.115. The molecule has 0 radical (unpaired) electrons. The van der Waals surface area contributed by atoms with Crippen molar-refractivity contribution in [2.24, 2.45) is 0 Å². The maximum atomic E-state index is 13.0. The summed E-state index contributed by atoms with van der Waals surface area (Å²) in [6.07, 6.45) is 5.44. The van der Waals surface area contributed by atoms with Crippen molar-refractivity contribution in [3.8, 4) is 17.0 Å². The molecular weight excluding hydrogens is 444 g/mol. The fraction of sp³-hybridized carbons (Fsp3) is 0.560. The van der Waals surface area contributed by atoms with Crippen molar-refractivity contribution in [1.82, 2.24) is 4.68 Å². The van der Waals surface area contributed by atoms with E-state index in [2.05, 4.69) is 29.6 Å². The van der Waals surface area contributed by atoms with Gasteiger partial charge in [0.2, 0.25) is 0 Å². The highest BCUT2D eigenvalue weighted by atomic mass is 35.5. The Labute approximate surface area is 198 Å². The summed E-state index contributed by atoms with van der Waals surface area (Å²) in [5.41, 5.74) is 3.08. The molecule has 3 atom stereocenters. The van der Waals surface area contributed by atoms with Crippen LogP contribution in [0.5, 0.6) is 5.75 Å². The molecule has 0 saturated carbocycles. The third-order valence-electron chi connectivity index (χ3n) is 6.99. The molecule has 1 N–H and O–H groups in total. The van der Waals surface area contributed by atoms with Crippen LogP contribution in [-0.2, 0) is 9.47 Å². The number of fused-ring (bicyclic) bond motifs is 6. The monoisotopic (exact) mass is 474 g/mol. The average molecular weight is 475 g/mol. The van der Waals surface area contributed by atoms with Crippen LogP contribution in [-0.4, -0.2) is 41.9 Å². The van der Waals surface area contributed by atoms with E-state index in [4.69, 9.17) is 25.8 Å². The minimum Gasteiger partial charge on any atom is -0.492 e. The summed E-state index contributed by atoms with van der Waals surface area (Å²) in [4.78, 5) is 13.0. The normalized spacial score (nSPS) is 25.0. The van der Waals surface area contributed by atoms with Gasteiger partial charge in [-0.1, -0.05) is 24.4 Å². The van der Waals surface area contributed by atoms with E-state index >= 15 is 0 Å². The predicted molar refractivity (Wildman–Crippen MR) is 126 cm³/mol. The van der Waals surface area contributed by atoms with Crippen molar-refractivity contribution in [2.45, 2.75) is 69.9 Å². The van der Waals surface area contributed by atoms with Crippen molar-refractivity contribution in [3.05, 3.63) is 50.8 Å². The topological polar surface area (TPSA) is 76.5 Å². The van der Waals surface area contributed by atoms with Crippen LogP contribution in [0.1, 0.15) is 69.2 Å². The number of nitrogens with zero attached hydrogens (tertiary/aromatic N) is 2. The van der Waals surface area contributed by atoms with Gasteiger partial charge in [0, 0.05) is 38.0 Å². The molecule has 0 spiro atoms. The summed E-state index contributed by atoms with van der Waals surface area (Å²) in [5, 5.41) is 12.7. The molecule has 0 bridgehead atoms. The highest BCUT2D eigenvalue weighted by molar-refractivity contribution is 6.32. The Morgan fingerprint density at radius 3 is 2.73 bits per heavy atom. The number of hydrogen-bond acceptors (Lipinski definition) is 6. The molecule has 2 saturated heterocycles. The van der Waals surface area contributed by atoms with Crippen LogP contribution in [0.15, 0.2) is 29.2 Å². The Hall–Kier alpha value is -2.06. The number of methoxy groups -OCH3 is 1. The Morgan fingerprint density at radius 1 is 1.21 bits per heavy atom. The van der Waals surface area contributed by atoms with E-state index in [0.717, 1.165) is 48.9 Å². The van der Waals surface area contributed by atoms with Crippen LogP contribution >= 0.6 is 11.6 Å².